The Bertz CT molecular complexity index is 1140. The number of fused-ring (bicyclic) bond motifs is 4. The predicted molar refractivity (Wildman–Crippen MR) is 119 cm³/mol. The smallest absolute Gasteiger partial charge is 0.287 e. The van der Waals surface area contributed by atoms with Gasteiger partial charge in [0.15, 0.2) is 11.2 Å². The van der Waals surface area contributed by atoms with Crippen molar-refractivity contribution in [3.63, 3.8) is 0 Å². The summed E-state index contributed by atoms with van der Waals surface area (Å²) in [5.74, 6) is 0.227. The van der Waals surface area contributed by atoms with Gasteiger partial charge in [-0.15, -0.1) is 0 Å². The minimum atomic E-state index is -0.724. The molecule has 4 aliphatic carbocycles. The Morgan fingerprint density at radius 3 is 2.47 bits per heavy atom. The summed E-state index contributed by atoms with van der Waals surface area (Å²) in [7, 11) is 0. The molecule has 4 fully saturated rings. The standard InChI is InChI=1S/C25H30N2O5/c1-14-3-4-19-17(11-14)18(28)12-20(32-19)23(31)26-24-5-7-25(8-6-24,21(29)13-24)27-22(30)16-9-15(2)10-16/h3-4,11-12,15-16,21,29H,5-10,13H2,1-2H3,(H,26,31)(H,27,30)/t15?,16?,21-,24?,25?/m0/s1. The number of amides is 2. The molecule has 3 N–H and O–H groups in total. The maximum Gasteiger partial charge on any atom is 0.287 e. The second kappa shape index (κ2) is 7.44. The highest BCUT2D eigenvalue weighted by Gasteiger charge is 2.56. The molecule has 2 amide bonds. The first-order valence-corrected chi connectivity index (χ1v) is 11.6. The highest BCUT2D eigenvalue weighted by molar-refractivity contribution is 5.93. The number of aryl methyl sites for hydroxylation is 1. The third kappa shape index (κ3) is 3.52. The zero-order valence-corrected chi connectivity index (χ0v) is 18.6. The number of carbonyl (C=O) groups is 2. The molecule has 1 aromatic heterocycles. The van der Waals surface area contributed by atoms with Gasteiger partial charge in [-0.2, -0.15) is 0 Å². The Morgan fingerprint density at radius 2 is 1.81 bits per heavy atom. The summed E-state index contributed by atoms with van der Waals surface area (Å²) in [6, 6.07) is 6.52. The lowest BCUT2D eigenvalue weighted by molar-refractivity contribution is -0.137. The van der Waals surface area contributed by atoms with E-state index in [0.717, 1.165) is 18.4 Å². The van der Waals surface area contributed by atoms with Crippen LogP contribution in [0.1, 0.15) is 68.0 Å². The topological polar surface area (TPSA) is 109 Å². The molecule has 170 valence electrons. The summed E-state index contributed by atoms with van der Waals surface area (Å²) >= 11 is 0. The van der Waals surface area contributed by atoms with Crippen LogP contribution in [-0.2, 0) is 4.79 Å². The molecular weight excluding hydrogens is 408 g/mol. The van der Waals surface area contributed by atoms with Crippen LogP contribution in [0.4, 0.5) is 0 Å². The Hall–Kier alpha value is -2.67. The zero-order chi connectivity index (χ0) is 22.7. The van der Waals surface area contributed by atoms with Gasteiger partial charge in [0.05, 0.1) is 17.0 Å². The van der Waals surface area contributed by atoms with E-state index in [1.807, 2.05) is 13.0 Å². The molecule has 2 bridgehead atoms. The van der Waals surface area contributed by atoms with Gasteiger partial charge in [0.2, 0.25) is 5.91 Å². The number of aliphatic hydroxyl groups excluding tert-OH is 1. The van der Waals surface area contributed by atoms with Gasteiger partial charge >= 0.3 is 0 Å². The van der Waals surface area contributed by atoms with Crippen molar-refractivity contribution in [1.82, 2.24) is 10.6 Å². The quantitative estimate of drug-likeness (QED) is 0.680. The summed E-state index contributed by atoms with van der Waals surface area (Å²) in [4.78, 5) is 38.1. The average molecular weight is 439 g/mol. The van der Waals surface area contributed by atoms with Gasteiger partial charge in [0.1, 0.15) is 5.58 Å². The van der Waals surface area contributed by atoms with E-state index >= 15 is 0 Å². The number of carbonyl (C=O) groups excluding carboxylic acids is 2. The summed E-state index contributed by atoms with van der Waals surface area (Å²) in [6.07, 6.45) is 4.02. The van der Waals surface area contributed by atoms with Gasteiger partial charge in [-0.3, -0.25) is 14.4 Å². The molecule has 1 heterocycles. The molecule has 1 atom stereocenters. The van der Waals surface area contributed by atoms with Crippen LogP contribution in [0.5, 0.6) is 0 Å². The molecule has 7 nitrogen and oxygen atoms in total. The molecule has 0 unspecified atom stereocenters. The first-order chi connectivity index (χ1) is 15.2. The third-order valence-electron chi connectivity index (χ3n) is 7.92. The Kier molecular flexibility index (Phi) is 4.93. The summed E-state index contributed by atoms with van der Waals surface area (Å²) in [6.45, 7) is 4.04. The molecule has 0 saturated heterocycles. The van der Waals surface area contributed by atoms with Crippen LogP contribution < -0.4 is 16.1 Å². The lowest BCUT2D eigenvalue weighted by Gasteiger charge is -2.56. The molecule has 2 aromatic rings. The van der Waals surface area contributed by atoms with E-state index in [-0.39, 0.29) is 23.0 Å². The van der Waals surface area contributed by atoms with Crippen LogP contribution in [0.3, 0.4) is 0 Å². The van der Waals surface area contributed by atoms with Crippen LogP contribution >= 0.6 is 0 Å². The first kappa shape index (κ1) is 21.2. The molecule has 4 aliphatic rings. The van der Waals surface area contributed by atoms with E-state index in [2.05, 4.69) is 17.6 Å². The third-order valence-corrected chi connectivity index (χ3v) is 7.92. The van der Waals surface area contributed by atoms with Crippen molar-refractivity contribution in [2.24, 2.45) is 11.8 Å². The zero-order valence-electron chi connectivity index (χ0n) is 18.6. The number of hydrogen-bond acceptors (Lipinski definition) is 5. The van der Waals surface area contributed by atoms with Gasteiger partial charge in [-0.25, -0.2) is 0 Å². The molecule has 0 aliphatic heterocycles. The van der Waals surface area contributed by atoms with Crippen molar-refractivity contribution in [3.05, 3.63) is 45.8 Å². The molecule has 6 rings (SSSR count). The highest BCUT2D eigenvalue weighted by Crippen LogP contribution is 2.47. The van der Waals surface area contributed by atoms with Crippen LogP contribution in [0, 0.1) is 18.8 Å². The van der Waals surface area contributed by atoms with Crippen LogP contribution in [0.15, 0.2) is 33.5 Å². The molecule has 1 aromatic carbocycles. The van der Waals surface area contributed by atoms with E-state index in [1.54, 1.807) is 12.1 Å². The fourth-order valence-electron chi connectivity index (χ4n) is 5.81. The van der Waals surface area contributed by atoms with E-state index in [1.165, 1.54) is 6.07 Å². The monoisotopic (exact) mass is 438 g/mol. The van der Waals surface area contributed by atoms with Crippen molar-refractivity contribution in [2.75, 3.05) is 0 Å². The number of nitrogens with one attached hydrogen (secondary N) is 2. The molecule has 4 saturated carbocycles. The number of aliphatic hydroxyl groups is 1. The number of benzene rings is 1. The van der Waals surface area contributed by atoms with Crippen LogP contribution in [0.25, 0.3) is 11.0 Å². The van der Waals surface area contributed by atoms with Gasteiger partial charge in [-0.1, -0.05) is 18.6 Å². The SMILES string of the molecule is Cc1ccc2oc(C(=O)NC34CCC(NC(=O)C5CC(C)C5)(CC3)[C@@H](O)C4)cc(=O)c2c1. The van der Waals surface area contributed by atoms with Crippen molar-refractivity contribution in [1.29, 1.82) is 0 Å². The van der Waals surface area contributed by atoms with Gasteiger partial charge in [-0.05, 0) is 69.9 Å². The van der Waals surface area contributed by atoms with Crippen LogP contribution in [0.2, 0.25) is 0 Å². The second-order valence-electron chi connectivity index (χ2n) is 10.3. The Labute approximate surface area is 186 Å². The number of rotatable bonds is 4. The predicted octanol–water partition coefficient (Wildman–Crippen LogP) is 2.81. The first-order valence-electron chi connectivity index (χ1n) is 11.6. The molecular formula is C25H30N2O5. The van der Waals surface area contributed by atoms with E-state index in [4.69, 9.17) is 4.42 Å². The van der Waals surface area contributed by atoms with Crippen molar-refractivity contribution >= 4 is 22.8 Å². The lowest BCUT2D eigenvalue weighted by atomic mass is 9.59. The molecule has 0 radical (unpaired) electrons. The average Bonchev–Trinajstić information content (AvgIpc) is 2.73. The Morgan fingerprint density at radius 1 is 1.09 bits per heavy atom. The fraction of sp³-hybridized carbons (Fsp3) is 0.560. The highest BCUT2D eigenvalue weighted by atomic mass is 16.3. The lowest BCUT2D eigenvalue weighted by Crippen LogP contribution is -2.70. The van der Waals surface area contributed by atoms with E-state index in [0.29, 0.717) is 49.0 Å². The van der Waals surface area contributed by atoms with Crippen molar-refractivity contribution in [2.45, 2.75) is 76.0 Å². The van der Waals surface area contributed by atoms with Crippen LogP contribution in [-0.4, -0.2) is 34.1 Å². The normalized spacial score (nSPS) is 33.5. The summed E-state index contributed by atoms with van der Waals surface area (Å²) < 4.78 is 5.72. The van der Waals surface area contributed by atoms with Gasteiger partial charge < -0.3 is 20.2 Å². The Balaban J connectivity index is 1.30. The van der Waals surface area contributed by atoms with Crippen molar-refractivity contribution in [3.8, 4) is 0 Å². The number of hydrogen-bond donors (Lipinski definition) is 3. The minimum absolute atomic E-state index is 0.0231. The van der Waals surface area contributed by atoms with E-state index in [9.17, 15) is 19.5 Å². The summed E-state index contributed by atoms with van der Waals surface area (Å²) in [5, 5.41) is 17.6. The minimum Gasteiger partial charge on any atom is -0.451 e. The maximum atomic E-state index is 13.0. The maximum absolute atomic E-state index is 13.0. The van der Waals surface area contributed by atoms with Gasteiger partial charge in [0.25, 0.3) is 5.91 Å². The summed E-state index contributed by atoms with van der Waals surface area (Å²) in [5.41, 5.74) is -0.0892. The van der Waals surface area contributed by atoms with Gasteiger partial charge in [0, 0.05) is 17.5 Å². The molecule has 32 heavy (non-hydrogen) atoms. The largest absolute Gasteiger partial charge is 0.451 e. The molecule has 0 spiro atoms. The fourth-order valence-corrected chi connectivity index (χ4v) is 5.81. The second-order valence-corrected chi connectivity index (χ2v) is 10.3. The molecule has 7 heteroatoms. The van der Waals surface area contributed by atoms with Crippen molar-refractivity contribution < 1.29 is 19.1 Å². The van der Waals surface area contributed by atoms with E-state index < -0.39 is 23.1 Å².